The Kier molecular flexibility index (Phi) is 4.71. The van der Waals surface area contributed by atoms with Gasteiger partial charge in [-0.2, -0.15) is 0 Å². The van der Waals surface area contributed by atoms with Crippen molar-refractivity contribution in [3.8, 4) is 11.3 Å². The molecular weight excluding hydrogens is 301 g/mol. The van der Waals surface area contributed by atoms with Gasteiger partial charge < -0.3 is 10.0 Å². The van der Waals surface area contributed by atoms with Crippen molar-refractivity contribution in [2.75, 3.05) is 37.6 Å². The fourth-order valence-corrected chi connectivity index (χ4v) is 3.55. The molecule has 6 heteroatoms. The van der Waals surface area contributed by atoms with E-state index in [2.05, 4.69) is 14.8 Å². The molecule has 1 fully saturated rings. The van der Waals surface area contributed by atoms with Crippen molar-refractivity contribution in [3.63, 3.8) is 0 Å². The highest BCUT2D eigenvalue weighted by Gasteiger charge is 2.20. The Bertz CT molecular complexity index is 606. The Hall–Kier alpha value is -1.50. The van der Waals surface area contributed by atoms with Gasteiger partial charge in [0.25, 0.3) is 0 Å². The van der Waals surface area contributed by atoms with Gasteiger partial charge in [-0.3, -0.25) is 4.90 Å². The molecule has 0 bridgehead atoms. The molecular formula is C16H20FN3OS. The highest BCUT2D eigenvalue weighted by atomic mass is 32.1. The van der Waals surface area contributed by atoms with E-state index in [9.17, 15) is 9.50 Å². The minimum atomic E-state index is -0.281. The summed E-state index contributed by atoms with van der Waals surface area (Å²) in [6, 6.07) is 6.44. The number of aliphatic hydroxyl groups excluding tert-OH is 1. The van der Waals surface area contributed by atoms with Crippen LogP contribution in [0.5, 0.6) is 0 Å². The van der Waals surface area contributed by atoms with Crippen LogP contribution in [0.1, 0.15) is 6.92 Å². The zero-order chi connectivity index (χ0) is 15.5. The summed E-state index contributed by atoms with van der Waals surface area (Å²) in [7, 11) is 0. The van der Waals surface area contributed by atoms with E-state index < -0.39 is 0 Å². The molecule has 1 N–H and O–H groups in total. The van der Waals surface area contributed by atoms with Gasteiger partial charge >= 0.3 is 0 Å². The largest absolute Gasteiger partial charge is 0.392 e. The maximum absolute atomic E-state index is 13.0. The number of hydrogen-bond acceptors (Lipinski definition) is 5. The molecule has 0 saturated carbocycles. The molecule has 0 aliphatic carbocycles. The first-order valence-electron chi connectivity index (χ1n) is 7.48. The third-order valence-corrected chi connectivity index (χ3v) is 4.70. The summed E-state index contributed by atoms with van der Waals surface area (Å²) in [5.41, 5.74) is 1.84. The SMILES string of the molecule is C[C@@H](O)CN1CCN(c2nc(-c3ccc(F)cc3)cs2)CC1. The third kappa shape index (κ3) is 3.63. The van der Waals surface area contributed by atoms with Gasteiger partial charge in [-0.1, -0.05) is 0 Å². The summed E-state index contributed by atoms with van der Waals surface area (Å²) in [6.45, 7) is 6.27. The van der Waals surface area contributed by atoms with Crippen LogP contribution in [0, 0.1) is 5.82 Å². The summed E-state index contributed by atoms with van der Waals surface area (Å²) < 4.78 is 13.0. The lowest BCUT2D eigenvalue weighted by Gasteiger charge is -2.35. The van der Waals surface area contributed by atoms with E-state index in [1.165, 1.54) is 12.1 Å². The van der Waals surface area contributed by atoms with Crippen molar-refractivity contribution in [1.82, 2.24) is 9.88 Å². The number of thiazole rings is 1. The van der Waals surface area contributed by atoms with E-state index in [4.69, 9.17) is 0 Å². The molecule has 2 aromatic rings. The van der Waals surface area contributed by atoms with Crippen molar-refractivity contribution >= 4 is 16.5 Å². The van der Waals surface area contributed by atoms with Gasteiger partial charge in [-0.15, -0.1) is 11.3 Å². The fourth-order valence-electron chi connectivity index (χ4n) is 2.66. The van der Waals surface area contributed by atoms with Crippen molar-refractivity contribution in [1.29, 1.82) is 0 Å². The lowest BCUT2D eigenvalue weighted by molar-refractivity contribution is 0.122. The van der Waals surface area contributed by atoms with Gasteiger partial charge in [0.1, 0.15) is 5.82 Å². The Morgan fingerprint density at radius 1 is 1.23 bits per heavy atom. The smallest absolute Gasteiger partial charge is 0.185 e. The summed E-state index contributed by atoms with van der Waals surface area (Å²) in [4.78, 5) is 9.22. The minimum Gasteiger partial charge on any atom is -0.392 e. The number of halogens is 1. The maximum atomic E-state index is 13.0. The van der Waals surface area contributed by atoms with Crippen molar-refractivity contribution in [3.05, 3.63) is 35.5 Å². The number of aliphatic hydroxyl groups is 1. The van der Waals surface area contributed by atoms with E-state index in [-0.39, 0.29) is 11.9 Å². The molecule has 0 unspecified atom stereocenters. The second-order valence-electron chi connectivity index (χ2n) is 5.66. The number of benzene rings is 1. The Balaban J connectivity index is 1.64. The third-order valence-electron chi connectivity index (χ3n) is 3.80. The highest BCUT2D eigenvalue weighted by molar-refractivity contribution is 7.14. The fraction of sp³-hybridized carbons (Fsp3) is 0.438. The van der Waals surface area contributed by atoms with Crippen LogP contribution in [0.25, 0.3) is 11.3 Å². The Morgan fingerprint density at radius 3 is 2.55 bits per heavy atom. The van der Waals surface area contributed by atoms with Gasteiger partial charge in [0.2, 0.25) is 0 Å². The van der Waals surface area contributed by atoms with Crippen LogP contribution in [0.4, 0.5) is 9.52 Å². The number of nitrogens with zero attached hydrogens (tertiary/aromatic N) is 3. The summed E-state index contributed by atoms with van der Waals surface area (Å²) in [6.07, 6.45) is -0.281. The van der Waals surface area contributed by atoms with Crippen molar-refractivity contribution in [2.45, 2.75) is 13.0 Å². The van der Waals surface area contributed by atoms with Gasteiger partial charge in [0.15, 0.2) is 5.13 Å². The monoisotopic (exact) mass is 321 g/mol. The molecule has 3 rings (SSSR count). The number of hydrogen-bond donors (Lipinski definition) is 1. The lowest BCUT2D eigenvalue weighted by Crippen LogP contribution is -2.48. The molecule has 1 aromatic carbocycles. The molecule has 2 heterocycles. The number of piperazine rings is 1. The van der Waals surface area contributed by atoms with Crippen LogP contribution in [-0.4, -0.2) is 53.8 Å². The predicted molar refractivity (Wildman–Crippen MR) is 87.8 cm³/mol. The summed E-state index contributed by atoms with van der Waals surface area (Å²) in [5, 5.41) is 12.5. The molecule has 1 saturated heterocycles. The predicted octanol–water partition coefficient (Wildman–Crippen LogP) is 2.45. The number of rotatable bonds is 4. The standard InChI is InChI=1S/C16H20FN3OS/c1-12(21)10-19-6-8-20(9-7-19)16-18-15(11-22-16)13-2-4-14(17)5-3-13/h2-5,11-12,21H,6-10H2,1H3/t12-/m1/s1. The first-order chi connectivity index (χ1) is 10.6. The Labute approximate surface area is 133 Å². The van der Waals surface area contributed by atoms with Crippen LogP contribution in [0.2, 0.25) is 0 Å². The van der Waals surface area contributed by atoms with Crippen LogP contribution in [0.3, 0.4) is 0 Å². The second kappa shape index (κ2) is 6.73. The first-order valence-corrected chi connectivity index (χ1v) is 8.36. The number of β-amino-alcohol motifs (C(OH)–C–C–N with tert-alkyl or cyclic N) is 1. The quantitative estimate of drug-likeness (QED) is 0.939. The summed E-state index contributed by atoms with van der Waals surface area (Å²) >= 11 is 1.62. The molecule has 1 aromatic heterocycles. The van der Waals surface area contributed by atoms with Crippen molar-refractivity contribution in [2.24, 2.45) is 0 Å². The molecule has 1 aliphatic heterocycles. The van der Waals surface area contributed by atoms with Gasteiger partial charge in [0.05, 0.1) is 11.8 Å². The van der Waals surface area contributed by atoms with Crippen LogP contribution >= 0.6 is 11.3 Å². The van der Waals surface area contributed by atoms with E-state index in [0.717, 1.165) is 49.1 Å². The number of anilines is 1. The topological polar surface area (TPSA) is 39.6 Å². The average molecular weight is 321 g/mol. The molecule has 118 valence electrons. The second-order valence-corrected chi connectivity index (χ2v) is 6.50. The maximum Gasteiger partial charge on any atom is 0.185 e. The molecule has 1 atom stereocenters. The Morgan fingerprint density at radius 2 is 1.91 bits per heavy atom. The average Bonchev–Trinajstić information content (AvgIpc) is 2.98. The van der Waals surface area contributed by atoms with Gasteiger partial charge in [-0.05, 0) is 31.2 Å². The molecule has 1 aliphatic rings. The zero-order valence-corrected chi connectivity index (χ0v) is 13.4. The van der Waals surface area contributed by atoms with E-state index >= 15 is 0 Å². The molecule has 0 radical (unpaired) electrons. The molecule has 0 amide bonds. The minimum absolute atomic E-state index is 0.228. The lowest BCUT2D eigenvalue weighted by atomic mass is 10.2. The van der Waals surface area contributed by atoms with Crippen molar-refractivity contribution < 1.29 is 9.50 Å². The zero-order valence-electron chi connectivity index (χ0n) is 12.6. The molecule has 22 heavy (non-hydrogen) atoms. The van der Waals surface area contributed by atoms with E-state index in [0.29, 0.717) is 0 Å². The number of aromatic nitrogens is 1. The van der Waals surface area contributed by atoms with Crippen LogP contribution < -0.4 is 4.90 Å². The first kappa shape index (κ1) is 15.4. The molecule has 0 spiro atoms. The van der Waals surface area contributed by atoms with Crippen LogP contribution in [0.15, 0.2) is 29.6 Å². The van der Waals surface area contributed by atoms with Gasteiger partial charge in [-0.25, -0.2) is 9.37 Å². The van der Waals surface area contributed by atoms with Crippen LogP contribution in [-0.2, 0) is 0 Å². The summed E-state index contributed by atoms with van der Waals surface area (Å²) in [5.74, 6) is -0.228. The highest BCUT2D eigenvalue weighted by Crippen LogP contribution is 2.28. The normalized spacial score (nSPS) is 17.7. The van der Waals surface area contributed by atoms with Gasteiger partial charge in [0, 0.05) is 43.7 Å². The van der Waals surface area contributed by atoms with E-state index in [1.807, 2.05) is 12.3 Å². The molecule has 4 nitrogen and oxygen atoms in total. The van der Waals surface area contributed by atoms with E-state index in [1.54, 1.807) is 23.5 Å².